The third-order valence-corrected chi connectivity index (χ3v) is 4.92. The second kappa shape index (κ2) is 7.60. The smallest absolute Gasteiger partial charge is 0.264 e. The molecule has 1 aliphatic rings. The minimum absolute atomic E-state index is 0.0101. The lowest BCUT2D eigenvalue weighted by molar-refractivity contribution is 0.0643. The average Bonchev–Trinajstić information content (AvgIpc) is 3.11. The van der Waals surface area contributed by atoms with Crippen LogP contribution in [0.15, 0.2) is 6.07 Å². The predicted octanol–water partition coefficient (Wildman–Crippen LogP) is 1.78. The molecule has 1 aliphatic carbocycles. The predicted molar refractivity (Wildman–Crippen MR) is 83.4 cm³/mol. The Bertz CT molecular complexity index is 550. The van der Waals surface area contributed by atoms with Crippen molar-refractivity contribution in [2.24, 2.45) is 0 Å². The zero-order valence-electron chi connectivity index (χ0n) is 12.3. The molecule has 5 heteroatoms. The van der Waals surface area contributed by atoms with E-state index in [0.717, 1.165) is 36.1 Å². The third-order valence-electron chi connectivity index (χ3n) is 3.78. The second-order valence-corrected chi connectivity index (χ2v) is 6.30. The Kier molecular flexibility index (Phi) is 5.80. The van der Waals surface area contributed by atoms with E-state index < -0.39 is 0 Å². The van der Waals surface area contributed by atoms with Gasteiger partial charge in [0, 0.05) is 12.6 Å². The monoisotopic (exact) mass is 307 g/mol. The van der Waals surface area contributed by atoms with Crippen LogP contribution in [0, 0.1) is 18.8 Å². The number of hydrogen-bond donors (Lipinski definition) is 2. The summed E-state index contributed by atoms with van der Waals surface area (Å²) in [5.74, 6) is 5.48. The van der Waals surface area contributed by atoms with Crippen molar-refractivity contribution < 1.29 is 15.0 Å². The topological polar surface area (TPSA) is 60.8 Å². The zero-order chi connectivity index (χ0) is 15.2. The lowest BCUT2D eigenvalue weighted by Gasteiger charge is -2.27. The highest BCUT2D eigenvalue weighted by atomic mass is 32.1. The quantitative estimate of drug-likeness (QED) is 0.834. The zero-order valence-corrected chi connectivity index (χ0v) is 13.1. The van der Waals surface area contributed by atoms with E-state index in [1.807, 2.05) is 17.9 Å². The highest BCUT2D eigenvalue weighted by Crippen LogP contribution is 2.28. The van der Waals surface area contributed by atoms with E-state index in [2.05, 4.69) is 11.8 Å². The Morgan fingerprint density at radius 2 is 2.14 bits per heavy atom. The van der Waals surface area contributed by atoms with Gasteiger partial charge < -0.3 is 15.1 Å². The van der Waals surface area contributed by atoms with Crippen LogP contribution in [0.2, 0.25) is 0 Å². The van der Waals surface area contributed by atoms with Crippen molar-refractivity contribution in [1.29, 1.82) is 0 Å². The molecule has 4 nitrogen and oxygen atoms in total. The van der Waals surface area contributed by atoms with Gasteiger partial charge in [0.25, 0.3) is 5.91 Å². The summed E-state index contributed by atoms with van der Waals surface area (Å²) in [5.41, 5.74) is 0.958. The van der Waals surface area contributed by atoms with Crippen LogP contribution >= 0.6 is 11.3 Å². The number of carbonyl (C=O) groups is 1. The average molecular weight is 307 g/mol. The maximum atomic E-state index is 12.7. The summed E-state index contributed by atoms with van der Waals surface area (Å²) in [7, 11) is 0. The molecule has 21 heavy (non-hydrogen) atoms. The molecular weight excluding hydrogens is 286 g/mol. The molecule has 1 aromatic rings. The first-order chi connectivity index (χ1) is 10.2. The van der Waals surface area contributed by atoms with Crippen molar-refractivity contribution in [2.75, 3.05) is 19.8 Å². The van der Waals surface area contributed by atoms with Crippen LogP contribution in [-0.4, -0.2) is 46.8 Å². The van der Waals surface area contributed by atoms with Crippen molar-refractivity contribution in [3.63, 3.8) is 0 Å². The number of thiophene rings is 1. The standard InChI is InChI=1S/C16H21NO3S/c1-12-11-15(21-14(12)7-4-9-18)16(20)17(8-10-19)13-5-2-3-6-13/h11,13,18-19H,2-3,5-6,8-10H2,1H3. The molecule has 0 spiro atoms. The number of carbonyl (C=O) groups excluding carboxylic acids is 1. The molecule has 0 radical (unpaired) electrons. The van der Waals surface area contributed by atoms with E-state index in [1.165, 1.54) is 11.3 Å². The molecule has 0 aromatic carbocycles. The molecule has 0 bridgehead atoms. The fourth-order valence-corrected chi connectivity index (χ4v) is 3.75. The van der Waals surface area contributed by atoms with Gasteiger partial charge in [0.1, 0.15) is 6.61 Å². The highest BCUT2D eigenvalue weighted by Gasteiger charge is 2.28. The summed E-state index contributed by atoms with van der Waals surface area (Å²) in [6.07, 6.45) is 4.34. The minimum Gasteiger partial charge on any atom is -0.395 e. The number of rotatable bonds is 4. The van der Waals surface area contributed by atoms with Gasteiger partial charge in [0.15, 0.2) is 0 Å². The Balaban J connectivity index is 2.20. The van der Waals surface area contributed by atoms with E-state index in [9.17, 15) is 9.90 Å². The Labute approximate surface area is 129 Å². The van der Waals surface area contributed by atoms with Gasteiger partial charge in [0.2, 0.25) is 0 Å². The van der Waals surface area contributed by atoms with Gasteiger partial charge in [-0.25, -0.2) is 0 Å². The van der Waals surface area contributed by atoms with Gasteiger partial charge in [-0.05, 0) is 31.4 Å². The maximum absolute atomic E-state index is 12.7. The van der Waals surface area contributed by atoms with E-state index in [-0.39, 0.29) is 25.2 Å². The molecule has 2 N–H and O–H groups in total. The lowest BCUT2D eigenvalue weighted by atomic mass is 10.2. The van der Waals surface area contributed by atoms with Gasteiger partial charge in [-0.15, -0.1) is 11.3 Å². The maximum Gasteiger partial charge on any atom is 0.264 e. The van der Waals surface area contributed by atoms with Crippen molar-refractivity contribution in [1.82, 2.24) is 4.90 Å². The van der Waals surface area contributed by atoms with Crippen LogP contribution in [0.25, 0.3) is 0 Å². The Morgan fingerprint density at radius 1 is 1.43 bits per heavy atom. The minimum atomic E-state index is -0.181. The van der Waals surface area contributed by atoms with Crippen molar-refractivity contribution >= 4 is 17.2 Å². The molecule has 0 aliphatic heterocycles. The summed E-state index contributed by atoms with van der Waals surface area (Å²) in [6, 6.07) is 2.10. The Hall–Kier alpha value is -1.35. The van der Waals surface area contributed by atoms with Crippen LogP contribution in [-0.2, 0) is 0 Å². The molecular formula is C16H21NO3S. The molecule has 2 rings (SSSR count). The number of amides is 1. The van der Waals surface area contributed by atoms with E-state index in [4.69, 9.17) is 5.11 Å². The van der Waals surface area contributed by atoms with Gasteiger partial charge in [-0.3, -0.25) is 4.79 Å². The molecule has 0 saturated heterocycles. The molecule has 0 atom stereocenters. The largest absolute Gasteiger partial charge is 0.395 e. The van der Waals surface area contributed by atoms with Crippen LogP contribution in [0.1, 0.15) is 45.8 Å². The van der Waals surface area contributed by atoms with Crippen molar-refractivity contribution in [2.45, 2.75) is 38.6 Å². The first kappa shape index (κ1) is 16.0. The van der Waals surface area contributed by atoms with Crippen molar-refractivity contribution in [3.05, 3.63) is 21.4 Å². The van der Waals surface area contributed by atoms with Gasteiger partial charge in [-0.2, -0.15) is 0 Å². The number of aliphatic hydroxyl groups excluding tert-OH is 2. The molecule has 1 heterocycles. The molecule has 1 fully saturated rings. The number of aryl methyl sites for hydroxylation is 1. The number of aliphatic hydroxyl groups is 2. The molecule has 1 aromatic heterocycles. The lowest BCUT2D eigenvalue weighted by Crippen LogP contribution is -2.40. The van der Waals surface area contributed by atoms with E-state index >= 15 is 0 Å². The first-order valence-electron chi connectivity index (χ1n) is 7.29. The van der Waals surface area contributed by atoms with Crippen LogP contribution in [0.5, 0.6) is 0 Å². The number of nitrogens with zero attached hydrogens (tertiary/aromatic N) is 1. The summed E-state index contributed by atoms with van der Waals surface area (Å²) < 4.78 is 0. The first-order valence-corrected chi connectivity index (χ1v) is 8.11. The van der Waals surface area contributed by atoms with E-state index in [0.29, 0.717) is 11.4 Å². The van der Waals surface area contributed by atoms with Gasteiger partial charge in [0.05, 0.1) is 16.4 Å². The number of hydrogen-bond acceptors (Lipinski definition) is 4. The molecule has 1 saturated carbocycles. The van der Waals surface area contributed by atoms with E-state index in [1.54, 1.807) is 0 Å². The van der Waals surface area contributed by atoms with Gasteiger partial charge >= 0.3 is 0 Å². The van der Waals surface area contributed by atoms with Crippen LogP contribution < -0.4 is 0 Å². The second-order valence-electron chi connectivity index (χ2n) is 5.24. The summed E-state index contributed by atoms with van der Waals surface area (Å²) in [6.45, 7) is 2.11. The fraction of sp³-hybridized carbons (Fsp3) is 0.562. The third kappa shape index (κ3) is 3.85. The van der Waals surface area contributed by atoms with Crippen LogP contribution in [0.3, 0.4) is 0 Å². The van der Waals surface area contributed by atoms with Crippen LogP contribution in [0.4, 0.5) is 0 Å². The van der Waals surface area contributed by atoms with Crippen molar-refractivity contribution in [3.8, 4) is 11.8 Å². The summed E-state index contributed by atoms with van der Waals surface area (Å²) in [4.78, 5) is 16.0. The SMILES string of the molecule is Cc1cc(C(=O)N(CCO)C2CCCC2)sc1C#CCO. The summed E-state index contributed by atoms with van der Waals surface area (Å²) >= 11 is 1.36. The molecule has 0 unspecified atom stereocenters. The molecule has 1 amide bonds. The molecule has 114 valence electrons. The summed E-state index contributed by atoms with van der Waals surface area (Å²) in [5, 5.41) is 18.0. The Morgan fingerprint density at radius 3 is 2.76 bits per heavy atom. The fourth-order valence-electron chi connectivity index (χ4n) is 2.75. The van der Waals surface area contributed by atoms with Gasteiger partial charge in [-0.1, -0.05) is 24.7 Å². The highest BCUT2D eigenvalue weighted by molar-refractivity contribution is 7.14. The normalized spacial score (nSPS) is 14.8.